The van der Waals surface area contributed by atoms with Crippen LogP contribution in [0.1, 0.15) is 29.2 Å². The van der Waals surface area contributed by atoms with Crippen LogP contribution in [0.4, 0.5) is 0 Å². The Morgan fingerprint density at radius 2 is 2.40 bits per heavy atom. The minimum Gasteiger partial charge on any atom is -0.481 e. The van der Waals surface area contributed by atoms with Gasteiger partial charge in [0.2, 0.25) is 0 Å². The predicted octanol–water partition coefficient (Wildman–Crippen LogP) is 1.30. The summed E-state index contributed by atoms with van der Waals surface area (Å²) >= 11 is 1.81. The summed E-state index contributed by atoms with van der Waals surface area (Å²) < 4.78 is 0. The number of nitrogens with zero attached hydrogens (tertiary/aromatic N) is 1. The molecule has 0 spiro atoms. The molecule has 0 bridgehead atoms. The fourth-order valence-electron chi connectivity index (χ4n) is 1.73. The van der Waals surface area contributed by atoms with Gasteiger partial charge in [-0.15, -0.1) is 0 Å². The maximum Gasteiger partial charge on any atom is 0.305 e. The molecule has 4 nitrogen and oxygen atoms in total. The van der Waals surface area contributed by atoms with Crippen molar-refractivity contribution in [2.45, 2.75) is 24.0 Å². The normalized spacial score (nSPS) is 16.1. The maximum absolute atomic E-state index is 10.6. The highest BCUT2D eigenvalue weighted by atomic mass is 32.2. The summed E-state index contributed by atoms with van der Waals surface area (Å²) in [6.07, 6.45) is 3.49. The van der Waals surface area contributed by atoms with Crippen molar-refractivity contribution in [3.8, 4) is 0 Å². The number of carboxylic acids is 1. The summed E-state index contributed by atoms with van der Waals surface area (Å²) in [6, 6.07) is -0.441. The summed E-state index contributed by atoms with van der Waals surface area (Å²) in [5.41, 5.74) is 9.10. The zero-order chi connectivity index (χ0) is 10.8. The number of hydrogen-bond donors (Lipinski definition) is 2. The Bertz CT molecular complexity index is 395. The second kappa shape index (κ2) is 4.20. The predicted molar refractivity (Wildman–Crippen MR) is 58.4 cm³/mol. The van der Waals surface area contributed by atoms with E-state index in [1.165, 1.54) is 11.1 Å². The molecule has 1 unspecified atom stereocenters. The van der Waals surface area contributed by atoms with Gasteiger partial charge in [0.15, 0.2) is 0 Å². The number of nitrogens with two attached hydrogens (primary N) is 1. The Morgan fingerprint density at radius 3 is 3.13 bits per heavy atom. The van der Waals surface area contributed by atoms with Gasteiger partial charge >= 0.3 is 5.97 Å². The molecule has 1 atom stereocenters. The van der Waals surface area contributed by atoms with Crippen LogP contribution in [0.25, 0.3) is 0 Å². The lowest BCUT2D eigenvalue weighted by Crippen LogP contribution is -2.17. The third kappa shape index (κ3) is 2.13. The molecular formula is C10H12N2O2S. The van der Waals surface area contributed by atoms with Gasteiger partial charge < -0.3 is 10.8 Å². The first kappa shape index (κ1) is 10.4. The van der Waals surface area contributed by atoms with E-state index in [4.69, 9.17) is 10.8 Å². The average molecular weight is 224 g/mol. The van der Waals surface area contributed by atoms with Gasteiger partial charge in [0.1, 0.15) is 0 Å². The van der Waals surface area contributed by atoms with Crippen LogP contribution in [0, 0.1) is 0 Å². The van der Waals surface area contributed by atoms with Crippen molar-refractivity contribution in [3.63, 3.8) is 0 Å². The molecule has 80 valence electrons. The number of aliphatic carboxylic acids is 1. The highest BCUT2D eigenvalue weighted by Gasteiger charge is 2.20. The van der Waals surface area contributed by atoms with Gasteiger partial charge in [-0.2, -0.15) is 11.8 Å². The van der Waals surface area contributed by atoms with Crippen molar-refractivity contribution in [1.82, 2.24) is 4.98 Å². The van der Waals surface area contributed by atoms with Crippen molar-refractivity contribution in [2.75, 3.05) is 0 Å². The zero-order valence-electron chi connectivity index (χ0n) is 8.14. The van der Waals surface area contributed by atoms with Gasteiger partial charge in [-0.3, -0.25) is 9.78 Å². The molecule has 3 N–H and O–H groups in total. The SMILES string of the molecule is NC(CC(=O)O)c1cncc2c1CSC2. The lowest BCUT2D eigenvalue weighted by Gasteiger charge is -2.12. The standard InChI is InChI=1S/C10H12N2O2S/c11-9(1-10(13)14)7-3-12-2-6-4-15-5-8(6)7/h2-3,9H,1,4-5,11H2,(H,13,14). The number of carboxylic acid groups (broad SMARTS) is 1. The highest BCUT2D eigenvalue weighted by molar-refractivity contribution is 7.98. The van der Waals surface area contributed by atoms with Crippen LogP contribution in [0.15, 0.2) is 12.4 Å². The molecule has 5 heteroatoms. The molecular weight excluding hydrogens is 212 g/mol. The molecule has 0 amide bonds. The van der Waals surface area contributed by atoms with Gasteiger partial charge in [0.05, 0.1) is 6.42 Å². The monoisotopic (exact) mass is 224 g/mol. The van der Waals surface area contributed by atoms with Crippen LogP contribution in [0.5, 0.6) is 0 Å². The first-order valence-electron chi connectivity index (χ1n) is 4.69. The molecule has 2 rings (SSSR count). The van der Waals surface area contributed by atoms with Gasteiger partial charge in [0.25, 0.3) is 0 Å². The largest absolute Gasteiger partial charge is 0.481 e. The van der Waals surface area contributed by atoms with Crippen molar-refractivity contribution >= 4 is 17.7 Å². The van der Waals surface area contributed by atoms with Crippen LogP contribution >= 0.6 is 11.8 Å². The van der Waals surface area contributed by atoms with Crippen LogP contribution in [0.2, 0.25) is 0 Å². The molecule has 1 aliphatic rings. The molecule has 1 aromatic rings. The topological polar surface area (TPSA) is 76.2 Å². The molecule has 0 fully saturated rings. The average Bonchev–Trinajstić information content (AvgIpc) is 2.63. The summed E-state index contributed by atoms with van der Waals surface area (Å²) in [4.78, 5) is 14.7. The lowest BCUT2D eigenvalue weighted by atomic mass is 9.99. The van der Waals surface area contributed by atoms with E-state index in [0.717, 1.165) is 17.1 Å². The number of thioether (sulfide) groups is 1. The van der Waals surface area contributed by atoms with Gasteiger partial charge in [0, 0.05) is 29.9 Å². The Balaban J connectivity index is 2.28. The summed E-state index contributed by atoms with van der Waals surface area (Å²) in [7, 11) is 0. The van der Waals surface area contributed by atoms with E-state index >= 15 is 0 Å². The van der Waals surface area contributed by atoms with Gasteiger partial charge in [-0.25, -0.2) is 0 Å². The number of carbonyl (C=O) groups is 1. The Morgan fingerprint density at radius 1 is 1.60 bits per heavy atom. The van der Waals surface area contributed by atoms with E-state index < -0.39 is 12.0 Å². The maximum atomic E-state index is 10.6. The molecule has 0 saturated carbocycles. The Hall–Kier alpha value is -1.07. The fraction of sp³-hybridized carbons (Fsp3) is 0.400. The minimum absolute atomic E-state index is 0.0389. The van der Waals surface area contributed by atoms with E-state index in [2.05, 4.69) is 4.98 Å². The molecule has 15 heavy (non-hydrogen) atoms. The number of aromatic nitrogens is 1. The third-order valence-corrected chi connectivity index (χ3v) is 3.49. The van der Waals surface area contributed by atoms with Gasteiger partial charge in [-0.05, 0) is 16.7 Å². The second-order valence-electron chi connectivity index (χ2n) is 3.56. The van der Waals surface area contributed by atoms with E-state index in [1.54, 1.807) is 6.20 Å². The van der Waals surface area contributed by atoms with E-state index in [-0.39, 0.29) is 6.42 Å². The first-order chi connectivity index (χ1) is 7.18. The second-order valence-corrected chi connectivity index (χ2v) is 4.55. The number of fused-ring (bicyclic) bond motifs is 1. The molecule has 0 aliphatic carbocycles. The van der Waals surface area contributed by atoms with Crippen LogP contribution in [-0.4, -0.2) is 16.1 Å². The Labute approximate surface area is 91.9 Å². The summed E-state index contributed by atoms with van der Waals surface area (Å²) in [5, 5.41) is 8.69. The zero-order valence-corrected chi connectivity index (χ0v) is 8.96. The highest BCUT2D eigenvalue weighted by Crippen LogP contribution is 2.33. The van der Waals surface area contributed by atoms with Crippen LogP contribution in [0.3, 0.4) is 0 Å². The van der Waals surface area contributed by atoms with Crippen molar-refractivity contribution < 1.29 is 9.90 Å². The first-order valence-corrected chi connectivity index (χ1v) is 5.84. The molecule has 0 aromatic carbocycles. The van der Waals surface area contributed by atoms with Crippen molar-refractivity contribution in [2.24, 2.45) is 5.73 Å². The fourth-order valence-corrected chi connectivity index (χ4v) is 2.86. The van der Waals surface area contributed by atoms with E-state index in [0.29, 0.717) is 0 Å². The lowest BCUT2D eigenvalue weighted by molar-refractivity contribution is -0.137. The number of pyridine rings is 1. The number of hydrogen-bond acceptors (Lipinski definition) is 4. The summed E-state index contributed by atoms with van der Waals surface area (Å²) in [5.74, 6) is 1.00. The van der Waals surface area contributed by atoms with E-state index in [1.807, 2.05) is 18.0 Å². The van der Waals surface area contributed by atoms with Crippen molar-refractivity contribution in [3.05, 3.63) is 29.1 Å². The minimum atomic E-state index is -0.870. The molecule has 0 radical (unpaired) electrons. The quantitative estimate of drug-likeness (QED) is 0.809. The summed E-state index contributed by atoms with van der Waals surface area (Å²) in [6.45, 7) is 0. The van der Waals surface area contributed by atoms with Crippen LogP contribution < -0.4 is 5.73 Å². The smallest absolute Gasteiger partial charge is 0.305 e. The molecule has 0 saturated heterocycles. The molecule has 1 aliphatic heterocycles. The van der Waals surface area contributed by atoms with E-state index in [9.17, 15) is 4.79 Å². The Kier molecular flexibility index (Phi) is 2.93. The molecule has 1 aromatic heterocycles. The van der Waals surface area contributed by atoms with Crippen LogP contribution in [-0.2, 0) is 16.3 Å². The third-order valence-electron chi connectivity index (χ3n) is 2.48. The molecule has 2 heterocycles. The van der Waals surface area contributed by atoms with Gasteiger partial charge in [-0.1, -0.05) is 0 Å². The van der Waals surface area contributed by atoms with Crippen molar-refractivity contribution in [1.29, 1.82) is 0 Å². The number of rotatable bonds is 3.